The summed E-state index contributed by atoms with van der Waals surface area (Å²) in [5, 5.41) is 6.62. The molecule has 2 fully saturated rings. The molecule has 0 radical (unpaired) electrons. The molecule has 3 aliphatic rings. The van der Waals surface area contributed by atoms with E-state index in [0.29, 0.717) is 6.54 Å². The zero-order valence-corrected chi connectivity index (χ0v) is 13.9. The lowest BCUT2D eigenvalue weighted by molar-refractivity contribution is -0.159. The first-order valence-corrected chi connectivity index (χ1v) is 8.50. The number of carbonyl (C=O) groups is 2. The van der Waals surface area contributed by atoms with E-state index in [0.717, 1.165) is 5.56 Å². The van der Waals surface area contributed by atoms with E-state index in [4.69, 9.17) is 4.84 Å². The van der Waals surface area contributed by atoms with Crippen LogP contribution < -0.4 is 5.32 Å². The van der Waals surface area contributed by atoms with Crippen LogP contribution >= 0.6 is 0 Å². The number of nitrogens with zero attached hydrogens (tertiary/aromatic N) is 3. The molecule has 1 aliphatic carbocycles. The molecule has 1 N–H and O–H groups in total. The Morgan fingerprint density at radius 3 is 2.85 bits per heavy atom. The summed E-state index contributed by atoms with van der Waals surface area (Å²) >= 11 is 0. The summed E-state index contributed by atoms with van der Waals surface area (Å²) in [6, 6.07) is 3.62. The van der Waals surface area contributed by atoms with Crippen LogP contribution in [-0.4, -0.2) is 52.5 Å². The Morgan fingerprint density at radius 1 is 1.35 bits per heavy atom. The molecule has 0 bridgehead atoms. The predicted molar refractivity (Wildman–Crippen MR) is 86.1 cm³/mol. The van der Waals surface area contributed by atoms with Gasteiger partial charge in [-0.25, -0.2) is 8.78 Å². The summed E-state index contributed by atoms with van der Waals surface area (Å²) in [4.78, 5) is 35.5. The number of carbonyl (C=O) groups excluding carboxylic acids is 2. The first-order valence-electron chi connectivity index (χ1n) is 8.50. The smallest absolute Gasteiger partial charge is 0.269 e. The van der Waals surface area contributed by atoms with Crippen molar-refractivity contribution in [1.82, 2.24) is 15.2 Å². The number of nitrogens with one attached hydrogen (secondary N) is 1. The molecule has 2 amide bonds. The number of amides is 2. The molecule has 0 aromatic carbocycles. The van der Waals surface area contributed by atoms with Crippen molar-refractivity contribution in [3.05, 3.63) is 30.1 Å². The van der Waals surface area contributed by atoms with Gasteiger partial charge in [0.1, 0.15) is 0 Å². The fourth-order valence-electron chi connectivity index (χ4n) is 3.59. The second-order valence-corrected chi connectivity index (χ2v) is 6.98. The number of alkyl halides is 2. The standard InChI is InChI=1S/C17H18F2N4O3/c18-17(19)4-11(5-17)16(25)23-8-12-13(9-23)26-22-14(12)15(24)21-7-10-2-1-3-20-6-10/h1-3,6,11-13H,4-5,7-9H2,(H,21,24)/t12-,13+/m0/s1. The molecule has 1 saturated heterocycles. The molecule has 2 atom stereocenters. The van der Waals surface area contributed by atoms with Gasteiger partial charge in [0.2, 0.25) is 11.8 Å². The number of aromatic nitrogens is 1. The van der Waals surface area contributed by atoms with Crippen LogP contribution in [-0.2, 0) is 21.0 Å². The Bertz CT molecular complexity index is 748. The van der Waals surface area contributed by atoms with E-state index in [2.05, 4.69) is 15.5 Å². The van der Waals surface area contributed by atoms with Crippen LogP contribution in [0.1, 0.15) is 18.4 Å². The van der Waals surface area contributed by atoms with Gasteiger partial charge in [-0.1, -0.05) is 11.2 Å². The van der Waals surface area contributed by atoms with Crippen molar-refractivity contribution >= 4 is 17.5 Å². The maximum absolute atomic E-state index is 13.0. The van der Waals surface area contributed by atoms with Gasteiger partial charge in [-0.3, -0.25) is 14.6 Å². The number of hydrogen-bond donors (Lipinski definition) is 1. The van der Waals surface area contributed by atoms with Gasteiger partial charge in [-0.05, 0) is 11.6 Å². The average molecular weight is 364 g/mol. The minimum atomic E-state index is -2.73. The Hall–Kier alpha value is -2.58. The highest BCUT2D eigenvalue weighted by Crippen LogP contribution is 2.44. The van der Waals surface area contributed by atoms with Gasteiger partial charge in [0.25, 0.3) is 5.91 Å². The van der Waals surface area contributed by atoms with Crippen LogP contribution in [0.15, 0.2) is 29.7 Å². The molecule has 4 rings (SSSR count). The second kappa shape index (κ2) is 6.30. The van der Waals surface area contributed by atoms with E-state index in [1.54, 1.807) is 18.5 Å². The Kier molecular flexibility index (Phi) is 4.08. The Labute approximate surface area is 148 Å². The lowest BCUT2D eigenvalue weighted by Gasteiger charge is -2.36. The van der Waals surface area contributed by atoms with Crippen LogP contribution in [0.5, 0.6) is 0 Å². The van der Waals surface area contributed by atoms with Crippen LogP contribution in [0.3, 0.4) is 0 Å². The third-order valence-electron chi connectivity index (χ3n) is 5.06. The number of fused-ring (bicyclic) bond motifs is 1. The van der Waals surface area contributed by atoms with Gasteiger partial charge < -0.3 is 15.1 Å². The van der Waals surface area contributed by atoms with E-state index >= 15 is 0 Å². The molecule has 3 heterocycles. The third-order valence-corrected chi connectivity index (χ3v) is 5.06. The maximum atomic E-state index is 13.0. The monoisotopic (exact) mass is 364 g/mol. The van der Waals surface area contributed by atoms with Crippen molar-refractivity contribution in [2.45, 2.75) is 31.4 Å². The highest BCUT2D eigenvalue weighted by atomic mass is 19.3. The summed E-state index contributed by atoms with van der Waals surface area (Å²) in [5.41, 5.74) is 1.10. The molecule has 26 heavy (non-hydrogen) atoms. The molecule has 1 aromatic rings. The number of halogens is 2. The lowest BCUT2D eigenvalue weighted by Crippen LogP contribution is -2.46. The van der Waals surface area contributed by atoms with E-state index in [1.807, 2.05) is 6.07 Å². The third kappa shape index (κ3) is 3.13. The summed E-state index contributed by atoms with van der Waals surface area (Å²) in [6.45, 7) is 0.849. The van der Waals surface area contributed by atoms with Crippen LogP contribution in [0.25, 0.3) is 0 Å². The van der Waals surface area contributed by atoms with Crippen molar-refractivity contribution in [2.24, 2.45) is 17.0 Å². The first-order chi connectivity index (χ1) is 12.4. The maximum Gasteiger partial charge on any atom is 0.269 e. The Balaban J connectivity index is 1.33. The minimum absolute atomic E-state index is 0.244. The summed E-state index contributed by atoms with van der Waals surface area (Å²) in [6.07, 6.45) is 2.11. The van der Waals surface area contributed by atoms with E-state index in [-0.39, 0.29) is 36.5 Å². The number of pyridine rings is 1. The molecular weight excluding hydrogens is 346 g/mol. The molecule has 9 heteroatoms. The lowest BCUT2D eigenvalue weighted by atomic mass is 9.80. The first kappa shape index (κ1) is 16.9. The second-order valence-electron chi connectivity index (χ2n) is 6.98. The molecule has 0 unspecified atom stereocenters. The van der Waals surface area contributed by atoms with Gasteiger partial charge in [0.05, 0.1) is 12.5 Å². The summed E-state index contributed by atoms with van der Waals surface area (Å²) in [7, 11) is 0. The predicted octanol–water partition coefficient (Wildman–Crippen LogP) is 0.956. The molecular formula is C17H18F2N4O3. The van der Waals surface area contributed by atoms with Gasteiger partial charge in [-0.15, -0.1) is 0 Å². The van der Waals surface area contributed by atoms with E-state index in [9.17, 15) is 18.4 Å². The van der Waals surface area contributed by atoms with E-state index in [1.165, 1.54) is 4.90 Å². The molecule has 2 aliphatic heterocycles. The average Bonchev–Trinajstić information content (AvgIpc) is 3.18. The normalized spacial score (nSPS) is 26.5. The fourth-order valence-corrected chi connectivity index (χ4v) is 3.59. The topological polar surface area (TPSA) is 83.9 Å². The number of hydrogen-bond acceptors (Lipinski definition) is 5. The molecule has 1 saturated carbocycles. The van der Waals surface area contributed by atoms with Gasteiger partial charge >= 0.3 is 0 Å². The van der Waals surface area contributed by atoms with Gasteiger partial charge in [0, 0.05) is 44.2 Å². The largest absolute Gasteiger partial charge is 0.389 e. The number of oxime groups is 1. The minimum Gasteiger partial charge on any atom is -0.389 e. The highest BCUT2D eigenvalue weighted by molar-refractivity contribution is 6.40. The van der Waals surface area contributed by atoms with Crippen LogP contribution in [0.2, 0.25) is 0 Å². The molecule has 1 aromatic heterocycles. The molecule has 138 valence electrons. The fraction of sp³-hybridized carbons (Fsp3) is 0.529. The van der Waals surface area contributed by atoms with Crippen molar-refractivity contribution in [3.63, 3.8) is 0 Å². The summed E-state index contributed by atoms with van der Waals surface area (Å²) in [5.74, 6) is -4.34. The van der Waals surface area contributed by atoms with Crippen molar-refractivity contribution in [2.75, 3.05) is 13.1 Å². The highest BCUT2D eigenvalue weighted by Gasteiger charge is 2.53. The number of rotatable bonds is 4. The van der Waals surface area contributed by atoms with Crippen molar-refractivity contribution < 1.29 is 23.2 Å². The quantitative estimate of drug-likeness (QED) is 0.862. The summed E-state index contributed by atoms with van der Waals surface area (Å²) < 4.78 is 26.0. The zero-order valence-electron chi connectivity index (χ0n) is 13.9. The SMILES string of the molecule is O=C(NCc1cccnc1)C1=NO[C@@H]2CN(C(=O)C3CC(F)(F)C3)C[C@H]12. The van der Waals surface area contributed by atoms with Crippen LogP contribution in [0, 0.1) is 11.8 Å². The van der Waals surface area contributed by atoms with Gasteiger partial charge in [-0.2, -0.15) is 0 Å². The molecule has 7 nitrogen and oxygen atoms in total. The zero-order chi connectivity index (χ0) is 18.3. The number of likely N-dealkylation sites (tertiary alicyclic amines) is 1. The van der Waals surface area contributed by atoms with E-state index < -0.39 is 30.8 Å². The van der Waals surface area contributed by atoms with Crippen molar-refractivity contribution in [1.29, 1.82) is 0 Å². The molecule has 0 spiro atoms. The van der Waals surface area contributed by atoms with Gasteiger partial charge in [0.15, 0.2) is 11.8 Å². The Morgan fingerprint density at radius 2 is 2.15 bits per heavy atom. The van der Waals surface area contributed by atoms with Crippen LogP contribution in [0.4, 0.5) is 8.78 Å². The van der Waals surface area contributed by atoms with Crippen molar-refractivity contribution in [3.8, 4) is 0 Å².